The van der Waals surface area contributed by atoms with Crippen molar-refractivity contribution >= 4 is 15.7 Å². The Morgan fingerprint density at radius 2 is 1.82 bits per heavy atom. The average Bonchev–Trinajstić information content (AvgIpc) is 2.11. The molecule has 0 saturated heterocycles. The summed E-state index contributed by atoms with van der Waals surface area (Å²) < 4.78 is 21.9. The summed E-state index contributed by atoms with van der Waals surface area (Å²) in [5.74, 6) is 0.0362. The van der Waals surface area contributed by atoms with Gasteiger partial charge in [-0.3, -0.25) is 4.79 Å². The van der Waals surface area contributed by atoms with Crippen LogP contribution in [0.25, 0.3) is 0 Å². The van der Waals surface area contributed by atoms with Gasteiger partial charge in [-0.15, -0.1) is 0 Å². The predicted molar refractivity (Wildman–Crippen MR) is 69.4 cm³/mol. The highest BCUT2D eigenvalue weighted by Crippen LogP contribution is 2.13. The Hall–Kier alpha value is -0.620. The van der Waals surface area contributed by atoms with Gasteiger partial charge < -0.3 is 11.1 Å². The van der Waals surface area contributed by atoms with E-state index in [-0.39, 0.29) is 12.5 Å². The summed E-state index contributed by atoms with van der Waals surface area (Å²) in [6.07, 6.45) is 1.75. The van der Waals surface area contributed by atoms with Crippen molar-refractivity contribution in [3.63, 3.8) is 0 Å². The first kappa shape index (κ1) is 16.4. The standard InChI is InChI=1S/C11H24N2O3S/c1-8(2)6-9(12)10(14)13-7-11(3,4)17(5,15)16/h8-9H,6-7,12H2,1-5H3,(H,13,14). The van der Waals surface area contributed by atoms with E-state index in [2.05, 4.69) is 5.32 Å². The summed E-state index contributed by atoms with van der Waals surface area (Å²) >= 11 is 0. The molecule has 0 bridgehead atoms. The highest BCUT2D eigenvalue weighted by Gasteiger charge is 2.31. The fourth-order valence-corrected chi connectivity index (χ4v) is 1.51. The molecule has 0 saturated carbocycles. The fraction of sp³-hybridized carbons (Fsp3) is 0.909. The number of hydrogen-bond acceptors (Lipinski definition) is 4. The van der Waals surface area contributed by atoms with E-state index < -0.39 is 20.6 Å². The molecule has 1 unspecified atom stereocenters. The maximum Gasteiger partial charge on any atom is 0.236 e. The van der Waals surface area contributed by atoms with E-state index in [0.717, 1.165) is 6.26 Å². The fourth-order valence-electron chi connectivity index (χ4n) is 1.18. The molecule has 6 heteroatoms. The Bertz CT molecular complexity index is 361. The van der Waals surface area contributed by atoms with Crippen LogP contribution in [-0.2, 0) is 14.6 Å². The number of rotatable bonds is 6. The number of amides is 1. The van der Waals surface area contributed by atoms with Crippen LogP contribution >= 0.6 is 0 Å². The van der Waals surface area contributed by atoms with E-state index in [1.165, 1.54) is 0 Å². The number of sulfone groups is 1. The Balaban J connectivity index is 4.35. The highest BCUT2D eigenvalue weighted by atomic mass is 32.2. The molecular weight excluding hydrogens is 240 g/mol. The number of nitrogens with two attached hydrogens (primary N) is 1. The molecule has 0 aliphatic heterocycles. The number of carbonyl (C=O) groups is 1. The molecular formula is C11H24N2O3S. The molecule has 0 aromatic heterocycles. The molecule has 0 aliphatic carbocycles. The van der Waals surface area contributed by atoms with Crippen molar-refractivity contribution in [1.29, 1.82) is 0 Å². The second kappa shape index (κ2) is 5.82. The third-order valence-corrected chi connectivity index (χ3v) is 4.91. The zero-order valence-electron chi connectivity index (χ0n) is 11.3. The van der Waals surface area contributed by atoms with Gasteiger partial charge in [0.2, 0.25) is 5.91 Å². The molecule has 0 rings (SSSR count). The van der Waals surface area contributed by atoms with Crippen LogP contribution in [-0.4, -0.2) is 37.9 Å². The lowest BCUT2D eigenvalue weighted by atomic mass is 10.0. The molecule has 1 atom stereocenters. The lowest BCUT2D eigenvalue weighted by molar-refractivity contribution is -0.122. The topological polar surface area (TPSA) is 89.3 Å². The maximum absolute atomic E-state index is 11.6. The molecule has 0 heterocycles. The van der Waals surface area contributed by atoms with Crippen molar-refractivity contribution in [3.8, 4) is 0 Å². The lowest BCUT2D eigenvalue weighted by Gasteiger charge is -2.24. The van der Waals surface area contributed by atoms with Crippen molar-refractivity contribution in [2.45, 2.75) is 44.9 Å². The van der Waals surface area contributed by atoms with Crippen molar-refractivity contribution in [3.05, 3.63) is 0 Å². The third kappa shape index (κ3) is 5.50. The SMILES string of the molecule is CC(C)CC(N)C(=O)NCC(C)(C)S(C)(=O)=O. The molecule has 0 aromatic carbocycles. The Labute approximate surface area is 104 Å². The first-order chi connectivity index (χ1) is 7.47. The van der Waals surface area contributed by atoms with E-state index >= 15 is 0 Å². The van der Waals surface area contributed by atoms with Crippen LogP contribution in [0.4, 0.5) is 0 Å². The number of carbonyl (C=O) groups excluding carboxylic acids is 1. The van der Waals surface area contributed by atoms with E-state index in [0.29, 0.717) is 12.3 Å². The van der Waals surface area contributed by atoms with E-state index in [1.54, 1.807) is 13.8 Å². The predicted octanol–water partition coefficient (Wildman–Crippen LogP) is 0.299. The van der Waals surface area contributed by atoms with Crippen LogP contribution in [0, 0.1) is 5.92 Å². The quantitative estimate of drug-likeness (QED) is 0.722. The smallest absolute Gasteiger partial charge is 0.236 e. The Morgan fingerprint density at radius 3 is 2.18 bits per heavy atom. The summed E-state index contributed by atoms with van der Waals surface area (Å²) in [4.78, 5) is 11.6. The minimum Gasteiger partial charge on any atom is -0.353 e. The summed E-state index contributed by atoms with van der Waals surface area (Å²) in [5, 5.41) is 2.59. The number of hydrogen-bond donors (Lipinski definition) is 2. The second-order valence-corrected chi connectivity index (χ2v) is 8.14. The van der Waals surface area contributed by atoms with E-state index in [1.807, 2.05) is 13.8 Å². The largest absolute Gasteiger partial charge is 0.353 e. The van der Waals surface area contributed by atoms with Crippen LogP contribution in [0.15, 0.2) is 0 Å². The summed E-state index contributed by atoms with van der Waals surface area (Å²) in [6, 6.07) is -0.578. The van der Waals surface area contributed by atoms with Gasteiger partial charge in [-0.1, -0.05) is 13.8 Å². The van der Waals surface area contributed by atoms with Crippen LogP contribution in [0.5, 0.6) is 0 Å². The third-order valence-electron chi connectivity index (χ3n) is 2.75. The van der Waals surface area contributed by atoms with Crippen LogP contribution in [0.3, 0.4) is 0 Å². The van der Waals surface area contributed by atoms with Crippen molar-refractivity contribution < 1.29 is 13.2 Å². The number of nitrogens with one attached hydrogen (secondary N) is 1. The van der Waals surface area contributed by atoms with Gasteiger partial charge in [0.15, 0.2) is 9.84 Å². The van der Waals surface area contributed by atoms with E-state index in [4.69, 9.17) is 5.73 Å². The Morgan fingerprint density at radius 1 is 1.35 bits per heavy atom. The molecule has 1 amide bonds. The zero-order valence-corrected chi connectivity index (χ0v) is 12.1. The molecule has 17 heavy (non-hydrogen) atoms. The van der Waals surface area contributed by atoms with Gasteiger partial charge >= 0.3 is 0 Å². The monoisotopic (exact) mass is 264 g/mol. The first-order valence-electron chi connectivity index (χ1n) is 5.70. The van der Waals surface area contributed by atoms with Gasteiger partial charge in [-0.2, -0.15) is 0 Å². The van der Waals surface area contributed by atoms with Gasteiger partial charge in [0.1, 0.15) is 0 Å². The van der Waals surface area contributed by atoms with Crippen molar-refractivity contribution in [2.75, 3.05) is 12.8 Å². The van der Waals surface area contributed by atoms with Crippen LogP contribution in [0.2, 0.25) is 0 Å². The van der Waals surface area contributed by atoms with Gasteiger partial charge in [0.25, 0.3) is 0 Å². The zero-order chi connectivity index (χ0) is 13.9. The normalized spacial score (nSPS) is 14.8. The molecule has 0 aromatic rings. The minimum atomic E-state index is -3.20. The summed E-state index contributed by atoms with van der Waals surface area (Å²) in [5.41, 5.74) is 5.70. The molecule has 102 valence electrons. The molecule has 0 aliphatic rings. The van der Waals surface area contributed by atoms with E-state index in [9.17, 15) is 13.2 Å². The van der Waals surface area contributed by atoms with Crippen LogP contribution in [0.1, 0.15) is 34.1 Å². The lowest BCUT2D eigenvalue weighted by Crippen LogP contribution is -2.49. The van der Waals surface area contributed by atoms with Crippen LogP contribution < -0.4 is 11.1 Å². The molecule has 0 spiro atoms. The van der Waals surface area contributed by atoms with Gasteiger partial charge in [0.05, 0.1) is 10.8 Å². The summed E-state index contributed by atoms with van der Waals surface area (Å²) in [6.45, 7) is 7.20. The minimum absolute atomic E-state index is 0.0798. The molecule has 5 nitrogen and oxygen atoms in total. The van der Waals surface area contributed by atoms with Gasteiger partial charge in [-0.25, -0.2) is 8.42 Å². The van der Waals surface area contributed by atoms with Gasteiger partial charge in [-0.05, 0) is 26.2 Å². The molecule has 0 fully saturated rings. The highest BCUT2D eigenvalue weighted by molar-refractivity contribution is 7.92. The Kier molecular flexibility index (Phi) is 5.61. The molecule has 0 radical (unpaired) electrons. The molecule has 3 N–H and O–H groups in total. The first-order valence-corrected chi connectivity index (χ1v) is 7.59. The van der Waals surface area contributed by atoms with Gasteiger partial charge in [0, 0.05) is 12.8 Å². The maximum atomic E-state index is 11.6. The second-order valence-electron chi connectivity index (χ2n) is 5.49. The summed E-state index contributed by atoms with van der Waals surface area (Å²) in [7, 11) is -3.20. The van der Waals surface area contributed by atoms with Crippen molar-refractivity contribution in [2.24, 2.45) is 11.7 Å². The average molecular weight is 264 g/mol. The van der Waals surface area contributed by atoms with Crippen molar-refractivity contribution in [1.82, 2.24) is 5.32 Å².